The fraction of sp³-hybridized carbons (Fsp3) is 0.458. The van der Waals surface area contributed by atoms with E-state index in [1.807, 2.05) is 12.1 Å². The number of nitrogens with zero attached hydrogens (tertiary/aromatic N) is 1. The molecule has 1 aliphatic rings. The van der Waals surface area contributed by atoms with Gasteiger partial charge in [-0.15, -0.1) is 0 Å². The lowest BCUT2D eigenvalue weighted by molar-refractivity contribution is -0.130. The number of unbranched alkanes of at least 4 members (excludes halogenated alkanes) is 2. The zero-order valence-corrected chi connectivity index (χ0v) is 16.0. The number of likely N-dealkylation sites (tertiary alicyclic amines) is 1. The van der Waals surface area contributed by atoms with Crippen molar-refractivity contribution in [1.29, 1.82) is 0 Å². The minimum Gasteiger partial charge on any atom is -0.297 e. The molecule has 1 heterocycles. The number of benzene rings is 2. The summed E-state index contributed by atoms with van der Waals surface area (Å²) in [5.74, 6) is 0.352. The van der Waals surface area contributed by atoms with Crippen LogP contribution in [0.15, 0.2) is 60.7 Å². The predicted octanol–water partition coefficient (Wildman–Crippen LogP) is 5.57. The number of carbonyl (C=O) groups is 1. The van der Waals surface area contributed by atoms with Crippen molar-refractivity contribution in [2.75, 3.05) is 13.1 Å². The second kappa shape index (κ2) is 9.14. The van der Waals surface area contributed by atoms with Crippen LogP contribution in [0.25, 0.3) is 0 Å². The monoisotopic (exact) mass is 349 g/mol. The Morgan fingerprint density at radius 1 is 0.846 bits per heavy atom. The van der Waals surface area contributed by atoms with E-state index in [0.717, 1.165) is 43.5 Å². The highest BCUT2D eigenvalue weighted by Crippen LogP contribution is 2.40. The average molecular weight is 350 g/mol. The molecular weight excluding hydrogens is 318 g/mol. The minimum absolute atomic E-state index is 0.352. The predicted molar refractivity (Wildman–Crippen MR) is 108 cm³/mol. The SMILES string of the molecule is CCCCCC(=O)C(c1ccccc1)(c1ccccc1)N1CCCCC1. The van der Waals surface area contributed by atoms with E-state index in [2.05, 4.69) is 60.4 Å². The molecule has 0 spiro atoms. The van der Waals surface area contributed by atoms with Crippen molar-refractivity contribution in [3.63, 3.8) is 0 Å². The van der Waals surface area contributed by atoms with Crippen LogP contribution < -0.4 is 0 Å². The number of hydrogen-bond donors (Lipinski definition) is 0. The van der Waals surface area contributed by atoms with Crippen LogP contribution in [-0.2, 0) is 10.3 Å². The maximum absolute atomic E-state index is 13.8. The average Bonchev–Trinajstić information content (AvgIpc) is 2.71. The summed E-state index contributed by atoms with van der Waals surface area (Å²) in [7, 11) is 0. The molecule has 1 fully saturated rings. The van der Waals surface area contributed by atoms with Gasteiger partial charge in [-0.2, -0.15) is 0 Å². The van der Waals surface area contributed by atoms with Crippen LogP contribution in [0.4, 0.5) is 0 Å². The highest BCUT2D eigenvalue weighted by molar-refractivity contribution is 5.93. The molecule has 0 atom stereocenters. The van der Waals surface area contributed by atoms with Crippen molar-refractivity contribution in [2.45, 2.75) is 57.4 Å². The molecule has 26 heavy (non-hydrogen) atoms. The molecule has 0 aromatic heterocycles. The van der Waals surface area contributed by atoms with Crippen LogP contribution in [0.1, 0.15) is 63.0 Å². The molecular formula is C24H31NO. The van der Waals surface area contributed by atoms with Gasteiger partial charge in [0, 0.05) is 6.42 Å². The summed E-state index contributed by atoms with van der Waals surface area (Å²) >= 11 is 0. The van der Waals surface area contributed by atoms with Gasteiger partial charge in [0.15, 0.2) is 5.78 Å². The number of hydrogen-bond acceptors (Lipinski definition) is 2. The number of ketones is 1. The summed E-state index contributed by atoms with van der Waals surface area (Å²) in [5.41, 5.74) is 1.60. The standard InChI is InChI=1S/C24H31NO/c1-2-3-7-18-23(26)24(21-14-8-4-9-15-21,22-16-10-5-11-17-22)25-19-12-6-13-20-25/h4-5,8-11,14-17H,2-3,6-7,12-13,18-20H2,1H3. The Morgan fingerprint density at radius 3 is 1.88 bits per heavy atom. The van der Waals surface area contributed by atoms with E-state index >= 15 is 0 Å². The van der Waals surface area contributed by atoms with Crippen molar-refractivity contribution in [3.05, 3.63) is 71.8 Å². The zero-order chi connectivity index (χ0) is 18.2. The minimum atomic E-state index is -0.642. The Bertz CT molecular complexity index is 634. The topological polar surface area (TPSA) is 20.3 Å². The van der Waals surface area contributed by atoms with Crippen LogP contribution >= 0.6 is 0 Å². The van der Waals surface area contributed by atoms with Gasteiger partial charge in [-0.05, 0) is 43.5 Å². The van der Waals surface area contributed by atoms with Gasteiger partial charge in [0.25, 0.3) is 0 Å². The van der Waals surface area contributed by atoms with Crippen molar-refractivity contribution < 1.29 is 4.79 Å². The van der Waals surface area contributed by atoms with Gasteiger partial charge in [0.2, 0.25) is 0 Å². The van der Waals surface area contributed by atoms with E-state index in [4.69, 9.17) is 0 Å². The normalized spacial score (nSPS) is 15.7. The van der Waals surface area contributed by atoms with Gasteiger partial charge in [0.1, 0.15) is 5.54 Å². The molecule has 3 rings (SSSR count). The number of rotatable bonds is 8. The van der Waals surface area contributed by atoms with Gasteiger partial charge in [-0.3, -0.25) is 9.69 Å². The van der Waals surface area contributed by atoms with Crippen LogP contribution in [0.2, 0.25) is 0 Å². The van der Waals surface area contributed by atoms with Crippen molar-refractivity contribution in [3.8, 4) is 0 Å². The summed E-state index contributed by atoms with van der Waals surface area (Å²) in [6.45, 7) is 4.17. The Labute approximate surface area is 158 Å². The molecule has 0 unspecified atom stereocenters. The van der Waals surface area contributed by atoms with Crippen LogP contribution in [0.3, 0.4) is 0 Å². The molecule has 0 radical (unpaired) electrons. The highest BCUT2D eigenvalue weighted by atomic mass is 16.1. The van der Waals surface area contributed by atoms with Crippen molar-refractivity contribution >= 4 is 5.78 Å². The summed E-state index contributed by atoms with van der Waals surface area (Å²) in [6, 6.07) is 20.9. The lowest BCUT2D eigenvalue weighted by atomic mass is 9.75. The number of Topliss-reactive ketones (excluding diaryl/α,β-unsaturated/α-hetero) is 1. The Kier molecular flexibility index (Phi) is 6.62. The third kappa shape index (κ3) is 3.76. The van der Waals surface area contributed by atoms with E-state index in [1.165, 1.54) is 19.3 Å². The fourth-order valence-electron chi connectivity index (χ4n) is 4.33. The quantitative estimate of drug-likeness (QED) is 0.581. The van der Waals surface area contributed by atoms with E-state index < -0.39 is 5.54 Å². The highest BCUT2D eigenvalue weighted by Gasteiger charge is 2.46. The summed E-state index contributed by atoms with van der Waals surface area (Å²) in [4.78, 5) is 16.3. The molecule has 2 aromatic rings. The maximum Gasteiger partial charge on any atom is 0.162 e. The molecule has 0 N–H and O–H groups in total. The maximum atomic E-state index is 13.8. The zero-order valence-electron chi connectivity index (χ0n) is 16.0. The number of carbonyl (C=O) groups excluding carboxylic acids is 1. The first-order valence-corrected chi connectivity index (χ1v) is 10.2. The fourth-order valence-corrected chi connectivity index (χ4v) is 4.33. The van der Waals surface area contributed by atoms with E-state index in [-0.39, 0.29) is 0 Å². The van der Waals surface area contributed by atoms with Gasteiger partial charge in [0.05, 0.1) is 0 Å². The first kappa shape index (κ1) is 18.8. The molecule has 0 aliphatic carbocycles. The van der Waals surface area contributed by atoms with Crippen LogP contribution in [0.5, 0.6) is 0 Å². The van der Waals surface area contributed by atoms with Gasteiger partial charge < -0.3 is 0 Å². The van der Waals surface area contributed by atoms with Gasteiger partial charge in [-0.25, -0.2) is 0 Å². The summed E-state index contributed by atoms with van der Waals surface area (Å²) in [5, 5.41) is 0. The Morgan fingerprint density at radius 2 is 1.38 bits per heavy atom. The lowest BCUT2D eigenvalue weighted by Crippen LogP contribution is -2.54. The molecule has 1 saturated heterocycles. The van der Waals surface area contributed by atoms with Gasteiger partial charge >= 0.3 is 0 Å². The third-order valence-corrected chi connectivity index (χ3v) is 5.62. The van der Waals surface area contributed by atoms with E-state index in [9.17, 15) is 4.79 Å². The molecule has 138 valence electrons. The molecule has 0 amide bonds. The molecule has 2 heteroatoms. The molecule has 0 bridgehead atoms. The van der Waals surface area contributed by atoms with E-state index in [0.29, 0.717) is 12.2 Å². The molecule has 0 saturated carbocycles. The Balaban J connectivity index is 2.12. The second-order valence-electron chi connectivity index (χ2n) is 7.37. The first-order chi connectivity index (χ1) is 12.8. The van der Waals surface area contributed by atoms with Gasteiger partial charge in [-0.1, -0.05) is 86.8 Å². The Hall–Kier alpha value is -1.93. The molecule has 2 nitrogen and oxygen atoms in total. The first-order valence-electron chi connectivity index (χ1n) is 10.2. The van der Waals surface area contributed by atoms with Crippen LogP contribution in [-0.4, -0.2) is 23.8 Å². The smallest absolute Gasteiger partial charge is 0.162 e. The third-order valence-electron chi connectivity index (χ3n) is 5.62. The summed E-state index contributed by atoms with van der Waals surface area (Å²) in [6.07, 6.45) is 7.48. The lowest BCUT2D eigenvalue weighted by Gasteiger charge is -2.45. The number of piperidine rings is 1. The van der Waals surface area contributed by atoms with Crippen molar-refractivity contribution in [1.82, 2.24) is 4.90 Å². The van der Waals surface area contributed by atoms with Crippen LogP contribution in [0, 0.1) is 0 Å². The molecule has 1 aliphatic heterocycles. The van der Waals surface area contributed by atoms with E-state index in [1.54, 1.807) is 0 Å². The van der Waals surface area contributed by atoms with Crippen molar-refractivity contribution in [2.24, 2.45) is 0 Å². The second-order valence-corrected chi connectivity index (χ2v) is 7.37. The summed E-state index contributed by atoms with van der Waals surface area (Å²) < 4.78 is 0. The molecule has 2 aromatic carbocycles. The largest absolute Gasteiger partial charge is 0.297 e.